The van der Waals surface area contributed by atoms with Gasteiger partial charge in [-0.1, -0.05) is 25.1 Å². The van der Waals surface area contributed by atoms with Crippen LogP contribution in [-0.2, 0) is 11.2 Å². The zero-order chi connectivity index (χ0) is 12.5. The molecule has 1 aromatic carbocycles. The first kappa shape index (κ1) is 11.0. The number of aldehydes is 1. The lowest BCUT2D eigenvalue weighted by molar-refractivity contribution is -0.108. The van der Waals surface area contributed by atoms with Gasteiger partial charge in [0.25, 0.3) is 0 Å². The predicted octanol–water partition coefficient (Wildman–Crippen LogP) is 3.08. The summed E-state index contributed by atoms with van der Waals surface area (Å²) in [4.78, 5) is 15.0. The molecule has 1 aliphatic heterocycles. The molecule has 1 atom stereocenters. The van der Waals surface area contributed by atoms with Crippen LogP contribution >= 0.6 is 0 Å². The summed E-state index contributed by atoms with van der Waals surface area (Å²) >= 11 is 0. The quantitative estimate of drug-likeness (QED) is 0.645. The van der Waals surface area contributed by atoms with Gasteiger partial charge in [0.05, 0.1) is 0 Å². The third-order valence-corrected chi connectivity index (χ3v) is 3.25. The number of hydrogen-bond donors (Lipinski definition) is 0. The van der Waals surface area contributed by atoms with Gasteiger partial charge in [0.2, 0.25) is 5.88 Å². The number of ether oxygens (including phenoxy) is 1. The lowest BCUT2D eigenvalue weighted by Crippen LogP contribution is -2.06. The van der Waals surface area contributed by atoms with Crippen LogP contribution in [0.2, 0.25) is 0 Å². The molecular weight excluding hydrogens is 226 g/mol. The molecule has 18 heavy (non-hydrogen) atoms. The van der Waals surface area contributed by atoms with E-state index in [9.17, 15) is 4.79 Å². The molecule has 0 N–H and O–H groups in total. The molecule has 3 nitrogen and oxygen atoms in total. The summed E-state index contributed by atoms with van der Waals surface area (Å²) in [5.74, 6) is 1.44. The summed E-state index contributed by atoms with van der Waals surface area (Å²) in [6, 6.07) is 9.82. The van der Waals surface area contributed by atoms with Gasteiger partial charge in [-0.15, -0.1) is 0 Å². The van der Waals surface area contributed by atoms with Crippen molar-refractivity contribution in [3.05, 3.63) is 53.2 Å². The van der Waals surface area contributed by atoms with Gasteiger partial charge in [0.1, 0.15) is 12.0 Å². The predicted molar refractivity (Wildman–Crippen MR) is 68.0 cm³/mol. The van der Waals surface area contributed by atoms with Crippen LogP contribution in [0.4, 0.5) is 0 Å². The standard InChI is InChI=1S/C15H13NO2/c1-10(9-17)11-4-5-14-13(7-11)8-12-3-2-6-16-15(12)18-14/h2-7,9-10H,8H2,1H3. The highest BCUT2D eigenvalue weighted by Crippen LogP contribution is 2.35. The normalized spacial score (nSPS) is 14.1. The SMILES string of the molecule is CC(C=O)c1ccc2c(c1)Cc1cccnc1O2. The Morgan fingerprint density at radius 3 is 3.06 bits per heavy atom. The van der Waals surface area contributed by atoms with E-state index in [1.165, 1.54) is 0 Å². The molecule has 2 aromatic rings. The van der Waals surface area contributed by atoms with Crippen molar-refractivity contribution < 1.29 is 9.53 Å². The van der Waals surface area contributed by atoms with Gasteiger partial charge in [0.15, 0.2) is 0 Å². The monoisotopic (exact) mass is 239 g/mol. The highest BCUT2D eigenvalue weighted by molar-refractivity contribution is 5.62. The molecule has 2 heterocycles. The smallest absolute Gasteiger partial charge is 0.222 e. The Bertz CT molecular complexity index is 607. The van der Waals surface area contributed by atoms with E-state index in [-0.39, 0.29) is 5.92 Å². The summed E-state index contributed by atoms with van der Waals surface area (Å²) in [7, 11) is 0. The van der Waals surface area contributed by atoms with Crippen LogP contribution in [-0.4, -0.2) is 11.3 Å². The molecule has 0 saturated carbocycles. The summed E-state index contributed by atoms with van der Waals surface area (Å²) in [5, 5.41) is 0. The fourth-order valence-corrected chi connectivity index (χ4v) is 2.16. The molecule has 0 radical (unpaired) electrons. The summed E-state index contributed by atoms with van der Waals surface area (Å²) in [6.07, 6.45) is 3.49. The Balaban J connectivity index is 2.01. The minimum atomic E-state index is -0.0782. The summed E-state index contributed by atoms with van der Waals surface area (Å²) < 4.78 is 5.75. The van der Waals surface area contributed by atoms with Crippen molar-refractivity contribution in [1.82, 2.24) is 4.98 Å². The molecule has 1 unspecified atom stereocenters. The van der Waals surface area contributed by atoms with E-state index in [1.54, 1.807) is 6.20 Å². The second kappa shape index (κ2) is 4.26. The average Bonchev–Trinajstić information content (AvgIpc) is 2.43. The molecule has 0 amide bonds. The van der Waals surface area contributed by atoms with Gasteiger partial charge in [-0.2, -0.15) is 0 Å². The van der Waals surface area contributed by atoms with Gasteiger partial charge in [-0.3, -0.25) is 0 Å². The van der Waals surface area contributed by atoms with E-state index in [2.05, 4.69) is 4.98 Å². The maximum Gasteiger partial charge on any atom is 0.222 e. The number of hydrogen-bond acceptors (Lipinski definition) is 3. The van der Waals surface area contributed by atoms with E-state index in [0.717, 1.165) is 35.1 Å². The third kappa shape index (κ3) is 1.78. The van der Waals surface area contributed by atoms with Crippen molar-refractivity contribution in [2.24, 2.45) is 0 Å². The lowest BCUT2D eigenvalue weighted by atomic mass is 9.95. The van der Waals surface area contributed by atoms with Crippen molar-refractivity contribution >= 4 is 6.29 Å². The van der Waals surface area contributed by atoms with Crippen molar-refractivity contribution in [1.29, 1.82) is 0 Å². The van der Waals surface area contributed by atoms with Crippen LogP contribution < -0.4 is 4.74 Å². The Kier molecular flexibility index (Phi) is 2.59. The van der Waals surface area contributed by atoms with Crippen LogP contribution in [0.5, 0.6) is 11.6 Å². The third-order valence-electron chi connectivity index (χ3n) is 3.25. The second-order valence-electron chi connectivity index (χ2n) is 4.54. The Morgan fingerprint density at radius 2 is 2.22 bits per heavy atom. The first-order chi connectivity index (χ1) is 8.78. The number of carbonyl (C=O) groups excluding carboxylic acids is 1. The molecule has 0 fully saturated rings. The molecule has 3 heteroatoms. The fraction of sp³-hybridized carbons (Fsp3) is 0.200. The highest BCUT2D eigenvalue weighted by Gasteiger charge is 2.18. The van der Waals surface area contributed by atoms with E-state index in [4.69, 9.17) is 4.74 Å². The molecule has 0 aliphatic carbocycles. The number of fused-ring (bicyclic) bond motifs is 2. The van der Waals surface area contributed by atoms with Crippen LogP contribution in [0, 0.1) is 0 Å². The summed E-state index contributed by atoms with van der Waals surface area (Å²) in [5.41, 5.74) is 3.22. The van der Waals surface area contributed by atoms with Crippen LogP contribution in [0.25, 0.3) is 0 Å². The van der Waals surface area contributed by atoms with E-state index >= 15 is 0 Å². The summed E-state index contributed by atoms with van der Waals surface area (Å²) in [6.45, 7) is 1.90. The Labute approximate surface area is 105 Å². The van der Waals surface area contributed by atoms with Gasteiger partial charge >= 0.3 is 0 Å². The minimum absolute atomic E-state index is 0.0782. The fourth-order valence-electron chi connectivity index (χ4n) is 2.16. The number of carbonyl (C=O) groups is 1. The highest BCUT2D eigenvalue weighted by atomic mass is 16.5. The Hall–Kier alpha value is -2.16. The number of aromatic nitrogens is 1. The first-order valence-electron chi connectivity index (χ1n) is 5.98. The minimum Gasteiger partial charge on any atom is -0.438 e. The molecular formula is C15H13NO2. The van der Waals surface area contributed by atoms with Crippen molar-refractivity contribution in [3.8, 4) is 11.6 Å². The zero-order valence-corrected chi connectivity index (χ0v) is 10.1. The maximum atomic E-state index is 10.8. The topological polar surface area (TPSA) is 39.2 Å². The molecule has 0 bridgehead atoms. The van der Waals surface area contributed by atoms with Gasteiger partial charge < -0.3 is 9.53 Å². The molecule has 1 aromatic heterocycles. The van der Waals surface area contributed by atoms with E-state index in [1.807, 2.05) is 37.3 Å². The lowest BCUT2D eigenvalue weighted by Gasteiger charge is -2.20. The van der Waals surface area contributed by atoms with Crippen molar-refractivity contribution in [2.45, 2.75) is 19.3 Å². The van der Waals surface area contributed by atoms with Crippen molar-refractivity contribution in [3.63, 3.8) is 0 Å². The number of rotatable bonds is 2. The van der Waals surface area contributed by atoms with E-state index in [0.29, 0.717) is 5.88 Å². The number of benzene rings is 1. The number of pyridine rings is 1. The van der Waals surface area contributed by atoms with Gasteiger partial charge in [-0.25, -0.2) is 4.98 Å². The number of nitrogens with zero attached hydrogens (tertiary/aromatic N) is 1. The first-order valence-corrected chi connectivity index (χ1v) is 5.98. The largest absolute Gasteiger partial charge is 0.438 e. The average molecular weight is 239 g/mol. The molecule has 90 valence electrons. The maximum absolute atomic E-state index is 10.8. The zero-order valence-electron chi connectivity index (χ0n) is 10.1. The molecule has 0 saturated heterocycles. The second-order valence-corrected chi connectivity index (χ2v) is 4.54. The molecule has 1 aliphatic rings. The Morgan fingerprint density at radius 1 is 1.33 bits per heavy atom. The molecule has 3 rings (SSSR count). The van der Waals surface area contributed by atoms with Gasteiger partial charge in [0, 0.05) is 24.1 Å². The van der Waals surface area contributed by atoms with Crippen molar-refractivity contribution in [2.75, 3.05) is 0 Å². The van der Waals surface area contributed by atoms with E-state index < -0.39 is 0 Å². The van der Waals surface area contributed by atoms with Crippen LogP contribution in [0.15, 0.2) is 36.5 Å². The van der Waals surface area contributed by atoms with Crippen LogP contribution in [0.3, 0.4) is 0 Å². The van der Waals surface area contributed by atoms with Gasteiger partial charge in [-0.05, 0) is 23.3 Å². The van der Waals surface area contributed by atoms with Crippen LogP contribution in [0.1, 0.15) is 29.5 Å². The molecule has 0 spiro atoms.